The number of rotatable bonds is 13. The molecule has 35 heavy (non-hydrogen) atoms. The van der Waals surface area contributed by atoms with E-state index in [1.807, 2.05) is 24.3 Å². The predicted molar refractivity (Wildman–Crippen MR) is 135 cm³/mol. The maximum atomic E-state index is 12.4. The summed E-state index contributed by atoms with van der Waals surface area (Å²) in [5, 5.41) is 14.3. The molecule has 1 atom stereocenters. The maximum absolute atomic E-state index is 12.4. The van der Waals surface area contributed by atoms with Crippen molar-refractivity contribution < 1.29 is 24.2 Å². The van der Waals surface area contributed by atoms with Crippen LogP contribution in [0.5, 0.6) is 0 Å². The van der Waals surface area contributed by atoms with Crippen molar-refractivity contribution in [3.63, 3.8) is 0 Å². The van der Waals surface area contributed by atoms with Gasteiger partial charge in [-0.1, -0.05) is 62.4 Å². The van der Waals surface area contributed by atoms with Crippen LogP contribution in [0.1, 0.15) is 63.0 Å². The predicted octanol–water partition coefficient (Wildman–Crippen LogP) is 4.95. The van der Waals surface area contributed by atoms with Crippen LogP contribution < -0.4 is 10.6 Å². The fraction of sp³-hybridized carbons (Fsp3) is 0.464. The Morgan fingerprint density at radius 3 is 2.11 bits per heavy atom. The maximum Gasteiger partial charge on any atom is 0.407 e. The average Bonchev–Trinajstić information content (AvgIpc) is 3.16. The van der Waals surface area contributed by atoms with E-state index in [1.54, 1.807) is 0 Å². The molecule has 188 valence electrons. The fourth-order valence-corrected chi connectivity index (χ4v) is 4.69. The summed E-state index contributed by atoms with van der Waals surface area (Å²) in [6, 6.07) is 16.5. The smallest absolute Gasteiger partial charge is 0.407 e. The number of fused-ring (bicyclic) bond motifs is 3. The van der Waals surface area contributed by atoms with Gasteiger partial charge in [0.15, 0.2) is 0 Å². The van der Waals surface area contributed by atoms with E-state index >= 15 is 0 Å². The average molecular weight is 481 g/mol. The molecule has 2 aromatic carbocycles. The van der Waals surface area contributed by atoms with Crippen molar-refractivity contribution in [1.29, 1.82) is 0 Å². The van der Waals surface area contributed by atoms with Crippen LogP contribution in [0.15, 0.2) is 48.5 Å². The van der Waals surface area contributed by atoms with Gasteiger partial charge in [0.2, 0.25) is 5.91 Å². The van der Waals surface area contributed by atoms with Gasteiger partial charge in [-0.2, -0.15) is 0 Å². The number of benzene rings is 2. The number of hydrogen-bond acceptors (Lipinski definition) is 4. The molecule has 0 radical (unpaired) electrons. The van der Waals surface area contributed by atoms with E-state index in [0.29, 0.717) is 31.8 Å². The highest BCUT2D eigenvalue weighted by Crippen LogP contribution is 2.44. The van der Waals surface area contributed by atoms with Gasteiger partial charge in [-0.3, -0.25) is 9.59 Å². The minimum absolute atomic E-state index is 0.0329. The molecule has 1 unspecified atom stereocenters. The van der Waals surface area contributed by atoms with Crippen LogP contribution >= 0.6 is 0 Å². The molecule has 1 aliphatic carbocycles. The van der Waals surface area contributed by atoms with Crippen molar-refractivity contribution in [2.24, 2.45) is 11.8 Å². The van der Waals surface area contributed by atoms with Crippen LogP contribution in [0, 0.1) is 11.8 Å². The normalized spacial score (nSPS) is 13.1. The second-order valence-corrected chi connectivity index (χ2v) is 9.43. The number of alkyl carbamates (subject to hydrolysis) is 1. The van der Waals surface area contributed by atoms with Crippen LogP contribution in [-0.4, -0.2) is 42.8 Å². The van der Waals surface area contributed by atoms with Crippen LogP contribution in [0.25, 0.3) is 11.1 Å². The van der Waals surface area contributed by atoms with Gasteiger partial charge in [0.05, 0.1) is 0 Å². The molecule has 2 amide bonds. The van der Waals surface area contributed by atoms with E-state index in [2.05, 4.69) is 48.7 Å². The highest BCUT2D eigenvalue weighted by atomic mass is 16.5. The minimum atomic E-state index is -0.858. The fourth-order valence-electron chi connectivity index (χ4n) is 4.69. The molecule has 0 spiro atoms. The largest absolute Gasteiger partial charge is 0.481 e. The van der Waals surface area contributed by atoms with Crippen LogP contribution in [0.2, 0.25) is 0 Å². The first-order chi connectivity index (χ1) is 16.9. The quantitative estimate of drug-likeness (QED) is 0.352. The lowest BCUT2D eigenvalue weighted by Crippen LogP contribution is -2.29. The number of hydrogen-bond donors (Lipinski definition) is 3. The number of amides is 2. The van der Waals surface area contributed by atoms with E-state index in [4.69, 9.17) is 9.84 Å². The topological polar surface area (TPSA) is 105 Å². The Labute approximate surface area is 207 Å². The first-order valence-electron chi connectivity index (χ1n) is 12.4. The molecule has 3 rings (SSSR count). The highest BCUT2D eigenvalue weighted by molar-refractivity contribution is 5.79. The lowest BCUT2D eigenvalue weighted by atomic mass is 9.88. The van der Waals surface area contributed by atoms with Gasteiger partial charge in [-0.15, -0.1) is 0 Å². The summed E-state index contributed by atoms with van der Waals surface area (Å²) in [7, 11) is 0. The van der Waals surface area contributed by atoms with Gasteiger partial charge in [-0.05, 0) is 53.4 Å². The molecule has 0 saturated heterocycles. The molecular weight excluding hydrogens is 444 g/mol. The van der Waals surface area contributed by atoms with Crippen molar-refractivity contribution in [2.45, 2.75) is 51.9 Å². The van der Waals surface area contributed by atoms with E-state index in [1.165, 1.54) is 22.3 Å². The number of carbonyl (C=O) groups is 3. The number of carbonyl (C=O) groups excluding carboxylic acids is 2. The van der Waals surface area contributed by atoms with Gasteiger partial charge in [0.25, 0.3) is 0 Å². The first kappa shape index (κ1) is 26.3. The third kappa shape index (κ3) is 7.57. The van der Waals surface area contributed by atoms with Gasteiger partial charge in [-0.25, -0.2) is 4.79 Å². The zero-order valence-electron chi connectivity index (χ0n) is 20.6. The number of carboxylic acid groups (broad SMARTS) is 1. The zero-order valence-corrected chi connectivity index (χ0v) is 20.6. The molecule has 0 aromatic heterocycles. The van der Waals surface area contributed by atoms with Crippen molar-refractivity contribution in [2.75, 3.05) is 19.7 Å². The Bertz CT molecular complexity index is 974. The minimum Gasteiger partial charge on any atom is -0.481 e. The molecule has 7 heteroatoms. The Morgan fingerprint density at radius 2 is 1.51 bits per heavy atom. The summed E-state index contributed by atoms with van der Waals surface area (Å²) < 4.78 is 5.60. The summed E-state index contributed by atoms with van der Waals surface area (Å²) in [4.78, 5) is 35.0. The number of ether oxygens (including phenoxy) is 1. The third-order valence-corrected chi connectivity index (χ3v) is 6.70. The summed E-state index contributed by atoms with van der Waals surface area (Å²) in [6.45, 7) is 5.38. The van der Waals surface area contributed by atoms with Crippen molar-refractivity contribution in [3.05, 3.63) is 59.7 Å². The standard InChI is InChI=1S/C28H36N2O5/c1-19(2)20(13-14-26(31)29-16-7-12-27(32)33)15-17-30-28(34)35-18-25-23-10-5-3-8-21(23)22-9-4-6-11-24(22)25/h3-6,8-11,19-20,25H,7,12-18H2,1-2H3,(H,29,31)(H,30,34)(H,32,33). The number of aliphatic carboxylic acids is 1. The first-order valence-corrected chi connectivity index (χ1v) is 12.4. The lowest BCUT2D eigenvalue weighted by molar-refractivity contribution is -0.137. The molecular formula is C28H36N2O5. The molecule has 3 N–H and O–H groups in total. The monoisotopic (exact) mass is 480 g/mol. The molecule has 2 aromatic rings. The summed E-state index contributed by atoms with van der Waals surface area (Å²) >= 11 is 0. The summed E-state index contributed by atoms with van der Waals surface area (Å²) in [5.41, 5.74) is 4.76. The van der Waals surface area contributed by atoms with E-state index in [-0.39, 0.29) is 30.8 Å². The van der Waals surface area contributed by atoms with Gasteiger partial charge in [0.1, 0.15) is 6.61 Å². The van der Waals surface area contributed by atoms with Crippen LogP contribution in [-0.2, 0) is 14.3 Å². The molecule has 7 nitrogen and oxygen atoms in total. The number of nitrogens with one attached hydrogen (secondary N) is 2. The zero-order chi connectivity index (χ0) is 25.2. The number of carboxylic acids is 1. The summed E-state index contributed by atoms with van der Waals surface area (Å²) in [6.07, 6.45) is 1.92. The Hall–Kier alpha value is -3.35. The van der Waals surface area contributed by atoms with Gasteiger partial charge in [0, 0.05) is 31.8 Å². The SMILES string of the molecule is CC(C)C(CCNC(=O)OCC1c2ccccc2-c2ccccc21)CCC(=O)NCCCC(=O)O. The Morgan fingerprint density at radius 1 is 0.886 bits per heavy atom. The molecule has 0 bridgehead atoms. The molecule has 0 saturated carbocycles. The molecule has 0 fully saturated rings. The van der Waals surface area contributed by atoms with E-state index in [0.717, 1.165) is 12.8 Å². The third-order valence-electron chi connectivity index (χ3n) is 6.70. The Kier molecular flexibility index (Phi) is 9.70. The van der Waals surface area contributed by atoms with Crippen molar-refractivity contribution >= 4 is 18.0 Å². The van der Waals surface area contributed by atoms with Gasteiger partial charge < -0.3 is 20.5 Å². The Balaban J connectivity index is 1.40. The second kappa shape index (κ2) is 12.9. The molecule has 1 aliphatic rings. The van der Waals surface area contributed by atoms with E-state index < -0.39 is 12.1 Å². The van der Waals surface area contributed by atoms with E-state index in [9.17, 15) is 14.4 Å². The molecule has 0 aliphatic heterocycles. The summed E-state index contributed by atoms with van der Waals surface area (Å²) in [5.74, 6) is -0.230. The second-order valence-electron chi connectivity index (χ2n) is 9.43. The van der Waals surface area contributed by atoms with Crippen molar-refractivity contribution in [1.82, 2.24) is 10.6 Å². The van der Waals surface area contributed by atoms with Crippen molar-refractivity contribution in [3.8, 4) is 11.1 Å². The van der Waals surface area contributed by atoms with Gasteiger partial charge >= 0.3 is 12.1 Å². The van der Waals surface area contributed by atoms with Crippen LogP contribution in [0.4, 0.5) is 4.79 Å². The molecule has 0 heterocycles. The van der Waals surface area contributed by atoms with Crippen LogP contribution in [0.3, 0.4) is 0 Å². The highest BCUT2D eigenvalue weighted by Gasteiger charge is 2.29. The lowest BCUT2D eigenvalue weighted by Gasteiger charge is -2.21.